The van der Waals surface area contributed by atoms with Crippen molar-refractivity contribution >= 4 is 23.3 Å². The number of carboxylic acid groups (broad SMARTS) is 1. The third-order valence-corrected chi connectivity index (χ3v) is 7.57. The topological polar surface area (TPSA) is 58.9 Å². The Balaban J connectivity index is 1.38. The molecule has 1 unspecified atom stereocenters. The second-order valence-electron chi connectivity index (χ2n) is 10.1. The van der Waals surface area contributed by atoms with Crippen molar-refractivity contribution in [3.05, 3.63) is 105 Å². The predicted octanol–water partition coefficient (Wildman–Crippen LogP) is 7.38. The van der Waals surface area contributed by atoms with Crippen LogP contribution < -0.4 is 0 Å². The van der Waals surface area contributed by atoms with Crippen molar-refractivity contribution in [2.45, 2.75) is 52.4 Å². The molecule has 4 nitrogen and oxygen atoms in total. The molecule has 188 valence electrons. The summed E-state index contributed by atoms with van der Waals surface area (Å²) in [4.78, 5) is 16.9. The molecular weight excluding hydrogens is 470 g/mol. The highest BCUT2D eigenvalue weighted by Crippen LogP contribution is 2.36. The summed E-state index contributed by atoms with van der Waals surface area (Å²) in [7, 11) is 0. The average Bonchev–Trinajstić information content (AvgIpc) is 2.82. The number of aliphatic carboxylic acids is 1. The first-order chi connectivity index (χ1) is 17.3. The molecule has 1 atom stereocenters. The fraction of sp³-hybridized carbons (Fsp3) is 0.355. The van der Waals surface area contributed by atoms with E-state index >= 15 is 0 Å². The van der Waals surface area contributed by atoms with Gasteiger partial charge in [-0.2, -0.15) is 0 Å². The lowest BCUT2D eigenvalue weighted by Gasteiger charge is -2.32. The molecule has 0 spiro atoms. The highest BCUT2D eigenvalue weighted by molar-refractivity contribution is 6.30. The Morgan fingerprint density at radius 1 is 1.03 bits per heavy atom. The first-order valence-electron chi connectivity index (χ1n) is 12.6. The summed E-state index contributed by atoms with van der Waals surface area (Å²) in [6.07, 6.45) is 3.33. The van der Waals surface area contributed by atoms with E-state index in [4.69, 9.17) is 21.5 Å². The van der Waals surface area contributed by atoms with Gasteiger partial charge in [0, 0.05) is 10.9 Å². The summed E-state index contributed by atoms with van der Waals surface area (Å²) in [5, 5.41) is 14.2. The number of rotatable bonds is 10. The molecule has 0 radical (unpaired) electrons. The van der Waals surface area contributed by atoms with Crippen LogP contribution in [0.2, 0.25) is 5.02 Å². The Morgan fingerprint density at radius 2 is 1.75 bits per heavy atom. The van der Waals surface area contributed by atoms with Crippen LogP contribution >= 0.6 is 11.6 Å². The molecule has 4 rings (SSSR count). The van der Waals surface area contributed by atoms with Gasteiger partial charge < -0.3 is 9.94 Å². The Labute approximate surface area is 219 Å². The second kappa shape index (κ2) is 11.7. The fourth-order valence-electron chi connectivity index (χ4n) is 4.84. The monoisotopic (exact) mass is 503 g/mol. The van der Waals surface area contributed by atoms with Crippen LogP contribution in [0.1, 0.15) is 59.1 Å². The smallest absolute Gasteiger partial charge is 0.306 e. The minimum absolute atomic E-state index is 0.127. The van der Waals surface area contributed by atoms with E-state index in [1.807, 2.05) is 25.1 Å². The maximum atomic E-state index is 11.0. The molecule has 0 aromatic heterocycles. The number of nitrogens with zero attached hydrogens (tertiary/aromatic N) is 1. The van der Waals surface area contributed by atoms with E-state index in [2.05, 4.69) is 67.5 Å². The standard InChI is InChI=1S/C31H34ClNO3/c1-20-7-8-24(13-21(20)2)15-29(27-5-4-6-30(32)18-27)19-36-33-22(3)26-11-9-23(10-12-26)14-25-16-28(17-25)31(34)35/h4-13,18,25,28-29H,14-17,19H2,1-3H3,(H,34,35). The zero-order valence-electron chi connectivity index (χ0n) is 21.2. The molecule has 0 bridgehead atoms. The molecule has 5 heteroatoms. The fourth-order valence-corrected chi connectivity index (χ4v) is 5.04. The molecule has 0 aliphatic heterocycles. The minimum Gasteiger partial charge on any atom is -0.481 e. The third-order valence-electron chi connectivity index (χ3n) is 7.33. The van der Waals surface area contributed by atoms with E-state index < -0.39 is 5.97 Å². The lowest BCUT2D eigenvalue weighted by molar-refractivity contribution is -0.146. The van der Waals surface area contributed by atoms with Crippen molar-refractivity contribution in [2.24, 2.45) is 17.0 Å². The van der Waals surface area contributed by atoms with E-state index in [0.29, 0.717) is 12.5 Å². The van der Waals surface area contributed by atoms with E-state index in [-0.39, 0.29) is 11.8 Å². The first kappa shape index (κ1) is 26.0. The highest BCUT2D eigenvalue weighted by Gasteiger charge is 2.34. The second-order valence-corrected chi connectivity index (χ2v) is 10.6. The van der Waals surface area contributed by atoms with Gasteiger partial charge >= 0.3 is 5.97 Å². The van der Waals surface area contributed by atoms with Gasteiger partial charge in [0.1, 0.15) is 6.61 Å². The van der Waals surface area contributed by atoms with Crippen molar-refractivity contribution in [1.29, 1.82) is 0 Å². The Hall–Kier alpha value is -3.11. The van der Waals surface area contributed by atoms with Gasteiger partial charge in [0.2, 0.25) is 0 Å². The summed E-state index contributed by atoms with van der Waals surface area (Å²) in [5.74, 6) is -0.232. The molecule has 1 aliphatic rings. The van der Waals surface area contributed by atoms with Crippen LogP contribution in [0, 0.1) is 25.7 Å². The van der Waals surface area contributed by atoms with Gasteiger partial charge in [0.25, 0.3) is 0 Å². The van der Waals surface area contributed by atoms with Gasteiger partial charge in [-0.05, 0) is 97.9 Å². The molecule has 1 N–H and O–H groups in total. The van der Waals surface area contributed by atoms with Crippen molar-refractivity contribution < 1.29 is 14.7 Å². The maximum Gasteiger partial charge on any atom is 0.306 e. The lowest BCUT2D eigenvalue weighted by atomic mass is 9.72. The predicted molar refractivity (Wildman–Crippen MR) is 146 cm³/mol. The van der Waals surface area contributed by atoms with Crippen molar-refractivity contribution in [3.63, 3.8) is 0 Å². The number of carbonyl (C=O) groups is 1. The Bertz CT molecular complexity index is 1230. The van der Waals surface area contributed by atoms with Crippen LogP contribution in [0.25, 0.3) is 0 Å². The first-order valence-corrected chi connectivity index (χ1v) is 13.0. The number of oxime groups is 1. The van der Waals surface area contributed by atoms with Gasteiger partial charge in [-0.1, -0.05) is 71.4 Å². The van der Waals surface area contributed by atoms with Crippen molar-refractivity contribution in [2.75, 3.05) is 6.61 Å². The van der Waals surface area contributed by atoms with Crippen LogP contribution in [0.5, 0.6) is 0 Å². The van der Waals surface area contributed by atoms with Crippen LogP contribution in [-0.2, 0) is 22.5 Å². The molecule has 3 aromatic carbocycles. The quantitative estimate of drug-likeness (QED) is 0.232. The third kappa shape index (κ3) is 6.76. The number of carboxylic acids is 1. The van der Waals surface area contributed by atoms with Gasteiger partial charge in [-0.25, -0.2) is 0 Å². The summed E-state index contributed by atoms with van der Waals surface area (Å²) < 4.78 is 0. The molecule has 1 aliphatic carbocycles. The Morgan fingerprint density at radius 3 is 2.42 bits per heavy atom. The molecule has 0 amide bonds. The number of benzene rings is 3. The maximum absolute atomic E-state index is 11.0. The van der Waals surface area contributed by atoms with Gasteiger partial charge in [0.15, 0.2) is 0 Å². The normalized spacial score (nSPS) is 18.4. The molecule has 1 saturated carbocycles. The Kier molecular flexibility index (Phi) is 8.48. The summed E-state index contributed by atoms with van der Waals surface area (Å²) in [5.41, 5.74) is 8.06. The van der Waals surface area contributed by atoms with E-state index in [1.54, 1.807) is 0 Å². The zero-order chi connectivity index (χ0) is 25.7. The molecule has 0 heterocycles. The summed E-state index contributed by atoms with van der Waals surface area (Å²) >= 11 is 6.29. The number of aryl methyl sites for hydroxylation is 2. The minimum atomic E-state index is -0.667. The molecule has 1 fully saturated rings. The molecular formula is C31H34ClNO3. The van der Waals surface area contributed by atoms with E-state index in [1.165, 1.54) is 22.3 Å². The lowest BCUT2D eigenvalue weighted by Crippen LogP contribution is -2.31. The van der Waals surface area contributed by atoms with Gasteiger partial charge in [-0.15, -0.1) is 0 Å². The van der Waals surface area contributed by atoms with E-state index in [0.717, 1.165) is 47.5 Å². The van der Waals surface area contributed by atoms with Crippen molar-refractivity contribution in [1.82, 2.24) is 0 Å². The molecule has 0 saturated heterocycles. The zero-order valence-corrected chi connectivity index (χ0v) is 22.0. The van der Waals surface area contributed by atoms with Crippen molar-refractivity contribution in [3.8, 4) is 0 Å². The van der Waals surface area contributed by atoms with Crippen LogP contribution in [0.15, 0.2) is 71.9 Å². The average molecular weight is 504 g/mol. The summed E-state index contributed by atoms with van der Waals surface area (Å²) in [6.45, 7) is 6.68. The van der Waals surface area contributed by atoms with Crippen LogP contribution in [0.3, 0.4) is 0 Å². The highest BCUT2D eigenvalue weighted by atomic mass is 35.5. The number of halogens is 1. The number of hydrogen-bond donors (Lipinski definition) is 1. The van der Waals surface area contributed by atoms with Gasteiger partial charge in [0.05, 0.1) is 11.6 Å². The van der Waals surface area contributed by atoms with Crippen LogP contribution in [0.4, 0.5) is 0 Å². The van der Waals surface area contributed by atoms with E-state index in [9.17, 15) is 4.79 Å². The molecule has 36 heavy (non-hydrogen) atoms. The summed E-state index contributed by atoms with van der Waals surface area (Å²) in [6, 6.07) is 22.9. The number of hydrogen-bond acceptors (Lipinski definition) is 3. The largest absolute Gasteiger partial charge is 0.481 e. The molecule has 3 aromatic rings. The SMILES string of the molecule is CC(=NOCC(Cc1ccc(C)c(C)c1)c1cccc(Cl)c1)c1ccc(CC2CC(C(=O)O)C2)cc1. The van der Waals surface area contributed by atoms with Crippen LogP contribution in [-0.4, -0.2) is 23.4 Å². The van der Waals surface area contributed by atoms with Gasteiger partial charge in [-0.3, -0.25) is 4.79 Å².